The number of aliphatic hydroxyl groups is 1. The first-order valence-electron chi connectivity index (χ1n) is 5.32. The molecule has 3 N–H and O–H groups in total. The van der Waals surface area contributed by atoms with Gasteiger partial charge in [-0.2, -0.15) is 0 Å². The van der Waals surface area contributed by atoms with Crippen LogP contribution in [-0.2, 0) is 6.42 Å². The molecule has 0 spiro atoms. The van der Waals surface area contributed by atoms with Crippen molar-refractivity contribution in [2.45, 2.75) is 19.4 Å². The van der Waals surface area contributed by atoms with Gasteiger partial charge in [-0.25, -0.2) is 4.98 Å². The van der Waals surface area contributed by atoms with E-state index in [9.17, 15) is 4.79 Å². The lowest BCUT2D eigenvalue weighted by atomic mass is 10.2. The highest BCUT2D eigenvalue weighted by molar-refractivity contribution is 5.70. The third kappa shape index (κ3) is 2.05. The van der Waals surface area contributed by atoms with Crippen LogP contribution in [0.2, 0.25) is 0 Å². The Morgan fingerprint density at radius 3 is 3.25 bits per heavy atom. The van der Waals surface area contributed by atoms with Gasteiger partial charge in [-0.15, -0.1) is 0 Å². The summed E-state index contributed by atoms with van der Waals surface area (Å²) >= 11 is 0. The molecule has 1 aliphatic carbocycles. The van der Waals surface area contributed by atoms with Crippen LogP contribution in [0.15, 0.2) is 17.2 Å². The van der Waals surface area contributed by atoms with Crippen molar-refractivity contribution in [3.05, 3.63) is 34.0 Å². The molecule has 5 heteroatoms. The standard InChI is InChI=1S/C11H15N3O2/c1-7(5-15)12-4-8-2-3-9-10(8)13-6-14-11(9)16/h2,6-7,12,15H,3-5H2,1H3,(H,13,14,16)/t7-/m0/s1. The van der Waals surface area contributed by atoms with E-state index < -0.39 is 0 Å². The zero-order valence-corrected chi connectivity index (χ0v) is 9.16. The number of hydrogen-bond donors (Lipinski definition) is 3. The fraction of sp³-hybridized carbons (Fsp3) is 0.455. The summed E-state index contributed by atoms with van der Waals surface area (Å²) in [7, 11) is 0. The van der Waals surface area contributed by atoms with E-state index in [2.05, 4.69) is 15.3 Å². The van der Waals surface area contributed by atoms with Crippen LogP contribution in [0.4, 0.5) is 0 Å². The topological polar surface area (TPSA) is 78.0 Å². The molecule has 0 unspecified atom stereocenters. The Kier molecular flexibility index (Phi) is 3.17. The van der Waals surface area contributed by atoms with Gasteiger partial charge in [0.1, 0.15) is 0 Å². The van der Waals surface area contributed by atoms with Crippen LogP contribution in [0.5, 0.6) is 0 Å². The summed E-state index contributed by atoms with van der Waals surface area (Å²) < 4.78 is 0. The third-order valence-corrected chi connectivity index (χ3v) is 2.72. The zero-order valence-electron chi connectivity index (χ0n) is 9.16. The van der Waals surface area contributed by atoms with E-state index in [-0.39, 0.29) is 18.2 Å². The molecule has 0 aliphatic heterocycles. The highest BCUT2D eigenvalue weighted by Crippen LogP contribution is 2.21. The monoisotopic (exact) mass is 221 g/mol. The number of H-pyrrole nitrogens is 1. The Morgan fingerprint density at radius 1 is 1.69 bits per heavy atom. The number of hydrogen-bond acceptors (Lipinski definition) is 4. The zero-order chi connectivity index (χ0) is 11.5. The SMILES string of the molecule is C[C@@H](CO)NCC1=CCc2c1nc[nH]c2=O. The summed E-state index contributed by atoms with van der Waals surface area (Å²) in [4.78, 5) is 18.2. The lowest BCUT2D eigenvalue weighted by Gasteiger charge is -2.11. The minimum atomic E-state index is -0.0635. The van der Waals surface area contributed by atoms with Gasteiger partial charge in [0.05, 0.1) is 18.6 Å². The van der Waals surface area contributed by atoms with Gasteiger partial charge in [0.25, 0.3) is 5.56 Å². The Morgan fingerprint density at radius 2 is 2.50 bits per heavy atom. The maximum absolute atomic E-state index is 11.5. The molecule has 0 saturated heterocycles. The summed E-state index contributed by atoms with van der Waals surface area (Å²) in [6.07, 6.45) is 4.07. The molecule has 1 heterocycles. The molecule has 1 aromatic rings. The van der Waals surface area contributed by atoms with Gasteiger partial charge in [0, 0.05) is 18.2 Å². The van der Waals surface area contributed by atoms with Gasteiger partial charge < -0.3 is 15.4 Å². The number of aromatic amines is 1. The number of allylic oxidation sites excluding steroid dienone is 1. The van der Waals surface area contributed by atoms with Crippen LogP contribution >= 0.6 is 0 Å². The van der Waals surface area contributed by atoms with Crippen molar-refractivity contribution in [3.63, 3.8) is 0 Å². The van der Waals surface area contributed by atoms with Crippen molar-refractivity contribution in [1.29, 1.82) is 0 Å². The Balaban J connectivity index is 2.11. The predicted octanol–water partition coefficient (Wildman–Crippen LogP) is -0.320. The van der Waals surface area contributed by atoms with Crippen molar-refractivity contribution >= 4 is 5.57 Å². The number of fused-ring (bicyclic) bond motifs is 1. The molecule has 0 bridgehead atoms. The Labute approximate surface area is 93.2 Å². The lowest BCUT2D eigenvalue weighted by Crippen LogP contribution is -2.30. The molecule has 0 fully saturated rings. The number of nitrogens with one attached hydrogen (secondary N) is 2. The molecule has 1 atom stereocenters. The van der Waals surface area contributed by atoms with Gasteiger partial charge in [0.15, 0.2) is 0 Å². The molecule has 1 aromatic heterocycles. The first-order valence-corrected chi connectivity index (χ1v) is 5.32. The fourth-order valence-corrected chi connectivity index (χ4v) is 1.72. The predicted molar refractivity (Wildman–Crippen MR) is 61.1 cm³/mol. The molecule has 0 saturated carbocycles. The minimum Gasteiger partial charge on any atom is -0.395 e. The quantitative estimate of drug-likeness (QED) is 0.651. The van der Waals surface area contributed by atoms with Gasteiger partial charge in [0.2, 0.25) is 0 Å². The van der Waals surface area contributed by atoms with E-state index in [0.717, 1.165) is 16.8 Å². The molecule has 0 radical (unpaired) electrons. The molecule has 2 rings (SSSR count). The third-order valence-electron chi connectivity index (χ3n) is 2.72. The highest BCUT2D eigenvalue weighted by Gasteiger charge is 2.18. The minimum absolute atomic E-state index is 0.0481. The van der Waals surface area contributed by atoms with Crippen LogP contribution in [0.3, 0.4) is 0 Å². The molecular formula is C11H15N3O2. The number of aromatic nitrogens is 2. The van der Waals surface area contributed by atoms with Crippen LogP contribution in [-0.4, -0.2) is 34.3 Å². The number of nitrogens with zero attached hydrogens (tertiary/aromatic N) is 1. The first-order chi connectivity index (χ1) is 7.72. The van der Waals surface area contributed by atoms with E-state index in [1.165, 1.54) is 6.33 Å². The molecular weight excluding hydrogens is 206 g/mol. The normalized spacial score (nSPS) is 15.8. The van der Waals surface area contributed by atoms with Crippen molar-refractivity contribution < 1.29 is 5.11 Å². The maximum atomic E-state index is 11.5. The summed E-state index contributed by atoms with van der Waals surface area (Å²) in [5.41, 5.74) is 2.48. The van der Waals surface area contributed by atoms with Gasteiger partial charge in [-0.1, -0.05) is 6.08 Å². The van der Waals surface area contributed by atoms with Crippen LogP contribution in [0.25, 0.3) is 5.57 Å². The van der Waals surface area contributed by atoms with E-state index in [0.29, 0.717) is 13.0 Å². The van der Waals surface area contributed by atoms with Crippen molar-refractivity contribution in [2.24, 2.45) is 0 Å². The molecule has 0 aromatic carbocycles. The maximum Gasteiger partial charge on any atom is 0.254 e. The van der Waals surface area contributed by atoms with E-state index in [1.807, 2.05) is 13.0 Å². The van der Waals surface area contributed by atoms with Crippen molar-refractivity contribution in [2.75, 3.05) is 13.2 Å². The van der Waals surface area contributed by atoms with Gasteiger partial charge in [-0.05, 0) is 18.9 Å². The average molecular weight is 221 g/mol. The smallest absolute Gasteiger partial charge is 0.254 e. The highest BCUT2D eigenvalue weighted by atomic mass is 16.3. The van der Waals surface area contributed by atoms with Gasteiger partial charge in [-0.3, -0.25) is 4.79 Å². The average Bonchev–Trinajstić information content (AvgIpc) is 2.70. The summed E-state index contributed by atoms with van der Waals surface area (Å²) in [6, 6.07) is 0.0481. The summed E-state index contributed by atoms with van der Waals surface area (Å²) in [6.45, 7) is 2.63. The molecule has 5 nitrogen and oxygen atoms in total. The van der Waals surface area contributed by atoms with E-state index in [1.54, 1.807) is 0 Å². The van der Waals surface area contributed by atoms with Crippen molar-refractivity contribution in [3.8, 4) is 0 Å². The van der Waals surface area contributed by atoms with E-state index in [4.69, 9.17) is 5.11 Å². The fourth-order valence-electron chi connectivity index (χ4n) is 1.72. The Bertz CT molecular complexity index is 465. The number of rotatable bonds is 4. The second-order valence-electron chi connectivity index (χ2n) is 3.96. The van der Waals surface area contributed by atoms with Crippen LogP contribution < -0.4 is 10.9 Å². The summed E-state index contributed by atoms with van der Waals surface area (Å²) in [5.74, 6) is 0. The second kappa shape index (κ2) is 4.59. The van der Waals surface area contributed by atoms with Crippen LogP contribution in [0, 0.1) is 0 Å². The largest absolute Gasteiger partial charge is 0.395 e. The van der Waals surface area contributed by atoms with Crippen LogP contribution in [0.1, 0.15) is 18.2 Å². The molecule has 0 amide bonds. The molecule has 1 aliphatic rings. The summed E-state index contributed by atoms with van der Waals surface area (Å²) in [5, 5.41) is 12.1. The molecule has 16 heavy (non-hydrogen) atoms. The van der Waals surface area contributed by atoms with E-state index >= 15 is 0 Å². The lowest BCUT2D eigenvalue weighted by molar-refractivity contribution is 0.255. The van der Waals surface area contributed by atoms with Crippen molar-refractivity contribution in [1.82, 2.24) is 15.3 Å². The Hall–Kier alpha value is -1.46. The first kappa shape index (κ1) is 11.0. The number of aliphatic hydroxyl groups excluding tert-OH is 1. The molecule has 86 valence electrons. The van der Waals surface area contributed by atoms with Gasteiger partial charge >= 0.3 is 0 Å². The second-order valence-corrected chi connectivity index (χ2v) is 3.96.